The molecule has 0 saturated heterocycles. The number of halogens is 2. The number of hydrogen-bond donors (Lipinski definition) is 1. The van der Waals surface area contributed by atoms with Gasteiger partial charge in [0.2, 0.25) is 5.28 Å². The van der Waals surface area contributed by atoms with Gasteiger partial charge in [0.05, 0.1) is 17.8 Å². The number of nitrogens with zero attached hydrogens (tertiary/aromatic N) is 3. The van der Waals surface area contributed by atoms with Crippen molar-refractivity contribution in [2.75, 3.05) is 5.32 Å². The van der Waals surface area contributed by atoms with Gasteiger partial charge in [-0.2, -0.15) is 10.2 Å². The lowest BCUT2D eigenvalue weighted by molar-refractivity contribution is 0.619. The van der Waals surface area contributed by atoms with Crippen molar-refractivity contribution in [3.63, 3.8) is 0 Å². The molecule has 0 unspecified atom stereocenters. The van der Waals surface area contributed by atoms with Crippen LogP contribution in [0.5, 0.6) is 0 Å². The van der Waals surface area contributed by atoms with Gasteiger partial charge in [-0.15, -0.1) is 0 Å². The summed E-state index contributed by atoms with van der Waals surface area (Å²) >= 11 is 5.70. The van der Waals surface area contributed by atoms with E-state index in [0.717, 1.165) is 28.6 Å². The van der Waals surface area contributed by atoms with Crippen LogP contribution in [-0.4, -0.2) is 9.97 Å². The Labute approximate surface area is 143 Å². The molecule has 0 aliphatic rings. The number of hydrogen-bond acceptors (Lipinski definition) is 4. The number of benzene rings is 2. The Kier molecular flexibility index (Phi) is 4.41. The lowest BCUT2D eigenvalue weighted by atomic mass is 10.0. The topological polar surface area (TPSA) is 61.6 Å². The van der Waals surface area contributed by atoms with Crippen LogP contribution in [0.3, 0.4) is 0 Å². The Morgan fingerprint density at radius 1 is 1.12 bits per heavy atom. The lowest BCUT2D eigenvalue weighted by Crippen LogP contribution is -2.00. The number of aromatic nitrogens is 2. The van der Waals surface area contributed by atoms with E-state index >= 15 is 0 Å². The Bertz CT molecular complexity index is 933. The van der Waals surface area contributed by atoms with E-state index in [4.69, 9.17) is 16.9 Å². The Hall–Kier alpha value is -2.97. The lowest BCUT2D eigenvalue weighted by Gasteiger charge is -2.11. The number of nitrogens with one attached hydrogen (secondary N) is 1. The minimum Gasteiger partial charge on any atom is -0.337 e. The molecule has 4 nitrogen and oxygen atoms in total. The Balaban J connectivity index is 1.89. The van der Waals surface area contributed by atoms with Gasteiger partial charge < -0.3 is 5.32 Å². The average molecular weight is 339 g/mol. The van der Waals surface area contributed by atoms with E-state index in [1.807, 2.05) is 37.3 Å². The standard InChI is InChI=1S/C18H12ClFN4/c1-11-8-14(13-4-2-12(9-21)3-5-13)6-7-16(11)23-17-15(20)10-22-18(19)24-17/h2-8,10H,1H3,(H,22,23,24). The van der Waals surface area contributed by atoms with Gasteiger partial charge in [0.25, 0.3) is 0 Å². The number of aryl methyl sites for hydroxylation is 1. The second kappa shape index (κ2) is 6.65. The monoisotopic (exact) mass is 338 g/mol. The summed E-state index contributed by atoms with van der Waals surface area (Å²) in [7, 11) is 0. The van der Waals surface area contributed by atoms with Crippen molar-refractivity contribution in [3.8, 4) is 17.2 Å². The molecule has 2 aromatic carbocycles. The van der Waals surface area contributed by atoms with Gasteiger partial charge in [-0.25, -0.2) is 9.37 Å². The van der Waals surface area contributed by atoms with Crippen LogP contribution in [-0.2, 0) is 0 Å². The smallest absolute Gasteiger partial charge is 0.224 e. The van der Waals surface area contributed by atoms with Crippen LogP contribution in [0.1, 0.15) is 11.1 Å². The first-order valence-corrected chi connectivity index (χ1v) is 7.51. The van der Waals surface area contributed by atoms with E-state index in [-0.39, 0.29) is 11.1 Å². The second-order valence-electron chi connectivity index (χ2n) is 5.18. The average Bonchev–Trinajstić information content (AvgIpc) is 2.60. The van der Waals surface area contributed by atoms with Gasteiger partial charge in [-0.1, -0.05) is 18.2 Å². The molecule has 1 aromatic heterocycles. The van der Waals surface area contributed by atoms with Crippen LogP contribution >= 0.6 is 11.6 Å². The molecule has 0 amide bonds. The quantitative estimate of drug-likeness (QED) is 0.693. The highest BCUT2D eigenvalue weighted by Gasteiger charge is 2.09. The Morgan fingerprint density at radius 3 is 2.50 bits per heavy atom. The normalized spacial score (nSPS) is 10.2. The van der Waals surface area contributed by atoms with Crippen molar-refractivity contribution in [1.29, 1.82) is 5.26 Å². The summed E-state index contributed by atoms with van der Waals surface area (Å²) in [4.78, 5) is 7.43. The molecule has 118 valence electrons. The maximum Gasteiger partial charge on any atom is 0.224 e. The summed E-state index contributed by atoms with van der Waals surface area (Å²) in [5.74, 6) is -0.542. The molecule has 3 rings (SSSR count). The van der Waals surface area contributed by atoms with Gasteiger partial charge in [0, 0.05) is 5.69 Å². The Morgan fingerprint density at radius 2 is 1.83 bits per heavy atom. The fourth-order valence-corrected chi connectivity index (χ4v) is 2.41. The summed E-state index contributed by atoms with van der Waals surface area (Å²) < 4.78 is 13.7. The summed E-state index contributed by atoms with van der Waals surface area (Å²) in [5, 5.41) is 11.8. The van der Waals surface area contributed by atoms with Gasteiger partial charge in [-0.3, -0.25) is 0 Å². The van der Waals surface area contributed by atoms with E-state index < -0.39 is 5.82 Å². The first kappa shape index (κ1) is 15.9. The van der Waals surface area contributed by atoms with Gasteiger partial charge in [0.1, 0.15) is 0 Å². The third kappa shape index (κ3) is 3.34. The first-order chi connectivity index (χ1) is 11.6. The van der Waals surface area contributed by atoms with Gasteiger partial charge in [-0.05, 0) is 59.5 Å². The van der Waals surface area contributed by atoms with Crippen molar-refractivity contribution < 1.29 is 4.39 Å². The highest BCUT2D eigenvalue weighted by molar-refractivity contribution is 6.28. The summed E-state index contributed by atoms with van der Waals surface area (Å²) in [6, 6.07) is 15.2. The fourth-order valence-electron chi connectivity index (χ4n) is 2.28. The van der Waals surface area contributed by atoms with Crippen LogP contribution in [0.2, 0.25) is 5.28 Å². The van der Waals surface area contributed by atoms with E-state index in [1.54, 1.807) is 12.1 Å². The summed E-state index contributed by atoms with van der Waals surface area (Å²) in [5.41, 5.74) is 4.26. The van der Waals surface area contributed by atoms with Gasteiger partial charge in [0.15, 0.2) is 11.6 Å². The minimum atomic E-state index is -0.574. The van der Waals surface area contributed by atoms with E-state index in [0.29, 0.717) is 5.56 Å². The fraction of sp³-hybridized carbons (Fsp3) is 0.0556. The van der Waals surface area contributed by atoms with Crippen LogP contribution in [0.25, 0.3) is 11.1 Å². The maximum absolute atomic E-state index is 13.7. The molecule has 1 heterocycles. The third-order valence-electron chi connectivity index (χ3n) is 3.54. The molecule has 0 aliphatic carbocycles. The molecule has 3 aromatic rings. The molecule has 0 spiro atoms. The SMILES string of the molecule is Cc1cc(-c2ccc(C#N)cc2)ccc1Nc1nc(Cl)ncc1F. The van der Waals surface area contributed by atoms with Gasteiger partial charge >= 0.3 is 0 Å². The van der Waals surface area contributed by atoms with Crippen molar-refractivity contribution in [1.82, 2.24) is 9.97 Å². The van der Waals surface area contributed by atoms with Crippen molar-refractivity contribution in [2.24, 2.45) is 0 Å². The molecular weight excluding hydrogens is 327 g/mol. The third-order valence-corrected chi connectivity index (χ3v) is 3.72. The maximum atomic E-state index is 13.7. The molecule has 0 aliphatic heterocycles. The van der Waals surface area contributed by atoms with E-state index in [2.05, 4.69) is 21.4 Å². The van der Waals surface area contributed by atoms with Crippen molar-refractivity contribution in [2.45, 2.75) is 6.92 Å². The predicted molar refractivity (Wildman–Crippen MR) is 91.6 cm³/mol. The highest BCUT2D eigenvalue weighted by Crippen LogP contribution is 2.27. The zero-order valence-corrected chi connectivity index (χ0v) is 13.5. The number of nitriles is 1. The van der Waals surface area contributed by atoms with Crippen molar-refractivity contribution in [3.05, 3.63) is 70.9 Å². The number of anilines is 2. The molecule has 24 heavy (non-hydrogen) atoms. The van der Waals surface area contributed by atoms with E-state index in [1.165, 1.54) is 0 Å². The van der Waals surface area contributed by atoms with Crippen LogP contribution < -0.4 is 5.32 Å². The molecule has 0 saturated carbocycles. The molecule has 1 N–H and O–H groups in total. The van der Waals surface area contributed by atoms with Crippen LogP contribution in [0, 0.1) is 24.1 Å². The molecule has 0 atom stereocenters. The molecule has 0 bridgehead atoms. The van der Waals surface area contributed by atoms with E-state index in [9.17, 15) is 4.39 Å². The summed E-state index contributed by atoms with van der Waals surface area (Å²) in [6.45, 7) is 1.91. The van der Waals surface area contributed by atoms with Crippen LogP contribution in [0.4, 0.5) is 15.9 Å². The van der Waals surface area contributed by atoms with Crippen LogP contribution in [0.15, 0.2) is 48.7 Å². The van der Waals surface area contributed by atoms with Crippen molar-refractivity contribution >= 4 is 23.1 Å². The molecular formula is C18H12ClFN4. The predicted octanol–water partition coefficient (Wildman–Crippen LogP) is 4.86. The highest BCUT2D eigenvalue weighted by atomic mass is 35.5. The zero-order chi connectivity index (χ0) is 17.1. The summed E-state index contributed by atoms with van der Waals surface area (Å²) in [6.07, 6.45) is 1.03. The molecule has 6 heteroatoms. The second-order valence-corrected chi connectivity index (χ2v) is 5.52. The number of rotatable bonds is 3. The molecule has 0 fully saturated rings. The largest absolute Gasteiger partial charge is 0.337 e. The minimum absolute atomic E-state index is 0.0224. The first-order valence-electron chi connectivity index (χ1n) is 7.13. The molecule has 0 radical (unpaired) electrons. The zero-order valence-electron chi connectivity index (χ0n) is 12.7.